The van der Waals surface area contributed by atoms with Crippen LogP contribution in [0.15, 0.2) is 48.9 Å². The summed E-state index contributed by atoms with van der Waals surface area (Å²) in [6.07, 6.45) is 5.91. The zero-order valence-electron chi connectivity index (χ0n) is 7.01. The largest absolute Gasteiger partial charge is 0.322 e. The predicted octanol–water partition coefficient (Wildman–Crippen LogP) is 2.49. The highest BCUT2D eigenvalue weighted by Gasteiger charge is 1.98. The van der Waals surface area contributed by atoms with E-state index in [1.165, 1.54) is 5.39 Å². The summed E-state index contributed by atoms with van der Waals surface area (Å²) in [4.78, 5) is 4.36. The van der Waals surface area contributed by atoms with Gasteiger partial charge >= 0.3 is 0 Å². The normalized spacial score (nSPS) is 11.1. The fourth-order valence-electron chi connectivity index (χ4n) is 1.65. The lowest BCUT2D eigenvalue weighted by Crippen LogP contribution is -1.84. The van der Waals surface area contributed by atoms with Crippen LogP contribution in [0, 0.1) is 0 Å². The second-order valence-electron chi connectivity index (χ2n) is 3.06. The molecule has 0 aromatic carbocycles. The molecule has 0 atom stereocenters. The van der Waals surface area contributed by atoms with E-state index in [-0.39, 0.29) is 0 Å². The SMILES string of the molecule is c1cnc2c(c1)ccn1cccc21. The Bertz CT molecular complexity index is 566. The number of pyridine rings is 2. The van der Waals surface area contributed by atoms with Crippen LogP contribution in [0.25, 0.3) is 16.4 Å². The summed E-state index contributed by atoms with van der Waals surface area (Å²) in [5.41, 5.74) is 2.23. The number of nitrogens with zero attached hydrogens (tertiary/aromatic N) is 2. The lowest BCUT2D eigenvalue weighted by Gasteiger charge is -1.99. The van der Waals surface area contributed by atoms with Gasteiger partial charge in [-0.15, -0.1) is 0 Å². The molecule has 0 aliphatic carbocycles. The van der Waals surface area contributed by atoms with Gasteiger partial charge in [-0.1, -0.05) is 6.07 Å². The van der Waals surface area contributed by atoms with E-state index in [1.807, 2.05) is 24.5 Å². The van der Waals surface area contributed by atoms with E-state index in [1.54, 1.807) is 0 Å². The van der Waals surface area contributed by atoms with E-state index < -0.39 is 0 Å². The third-order valence-electron chi connectivity index (χ3n) is 2.28. The summed E-state index contributed by atoms with van der Waals surface area (Å²) in [6.45, 7) is 0. The van der Waals surface area contributed by atoms with Crippen molar-refractivity contribution < 1.29 is 0 Å². The minimum atomic E-state index is 1.06. The lowest BCUT2D eigenvalue weighted by molar-refractivity contribution is 1.20. The van der Waals surface area contributed by atoms with Crippen molar-refractivity contribution >= 4 is 16.4 Å². The summed E-state index contributed by atoms with van der Waals surface area (Å²) < 4.78 is 2.08. The van der Waals surface area contributed by atoms with Crippen LogP contribution in [-0.2, 0) is 0 Å². The van der Waals surface area contributed by atoms with Crippen molar-refractivity contribution in [1.82, 2.24) is 9.38 Å². The van der Waals surface area contributed by atoms with Gasteiger partial charge in [-0.25, -0.2) is 0 Å². The van der Waals surface area contributed by atoms with Gasteiger partial charge in [0.15, 0.2) is 0 Å². The molecule has 0 unspecified atom stereocenters. The van der Waals surface area contributed by atoms with Gasteiger partial charge < -0.3 is 4.40 Å². The van der Waals surface area contributed by atoms with Crippen LogP contribution < -0.4 is 0 Å². The first-order chi connectivity index (χ1) is 6.45. The molecule has 0 saturated carbocycles. The zero-order valence-corrected chi connectivity index (χ0v) is 7.01. The molecule has 0 bridgehead atoms. The number of fused-ring (bicyclic) bond motifs is 3. The molecule has 0 aliphatic heterocycles. The van der Waals surface area contributed by atoms with E-state index in [9.17, 15) is 0 Å². The van der Waals surface area contributed by atoms with E-state index in [0.29, 0.717) is 0 Å². The van der Waals surface area contributed by atoms with E-state index >= 15 is 0 Å². The number of hydrogen-bond donors (Lipinski definition) is 0. The molecule has 2 heteroatoms. The molecule has 0 fully saturated rings. The Morgan fingerprint density at radius 1 is 1.00 bits per heavy atom. The fraction of sp³-hybridized carbons (Fsp3) is 0. The monoisotopic (exact) mass is 168 g/mol. The number of aromatic nitrogens is 2. The molecule has 0 saturated heterocycles. The van der Waals surface area contributed by atoms with E-state index in [0.717, 1.165) is 11.0 Å². The molecule has 3 aromatic rings. The summed E-state index contributed by atoms with van der Waals surface area (Å²) >= 11 is 0. The highest BCUT2D eigenvalue weighted by Crippen LogP contribution is 2.16. The molecular weight excluding hydrogens is 160 g/mol. The fourth-order valence-corrected chi connectivity index (χ4v) is 1.65. The smallest absolute Gasteiger partial charge is 0.0942 e. The van der Waals surface area contributed by atoms with Gasteiger partial charge in [-0.3, -0.25) is 4.98 Å². The van der Waals surface area contributed by atoms with Crippen LogP contribution in [0.1, 0.15) is 0 Å². The minimum Gasteiger partial charge on any atom is -0.322 e. The minimum absolute atomic E-state index is 1.06. The Hall–Kier alpha value is -1.83. The van der Waals surface area contributed by atoms with Gasteiger partial charge in [0, 0.05) is 24.0 Å². The van der Waals surface area contributed by atoms with Crippen molar-refractivity contribution in [2.75, 3.05) is 0 Å². The Morgan fingerprint density at radius 3 is 3.00 bits per heavy atom. The highest BCUT2D eigenvalue weighted by atomic mass is 14.9. The first kappa shape index (κ1) is 6.66. The zero-order chi connectivity index (χ0) is 8.67. The van der Waals surface area contributed by atoms with Crippen LogP contribution >= 0.6 is 0 Å². The third-order valence-corrected chi connectivity index (χ3v) is 2.28. The average molecular weight is 168 g/mol. The van der Waals surface area contributed by atoms with Crippen molar-refractivity contribution in [3.8, 4) is 0 Å². The predicted molar refractivity (Wildman–Crippen MR) is 52.7 cm³/mol. The molecule has 3 heterocycles. The third kappa shape index (κ3) is 0.855. The summed E-state index contributed by atoms with van der Waals surface area (Å²) in [5, 5.41) is 1.19. The van der Waals surface area contributed by atoms with Crippen LogP contribution in [-0.4, -0.2) is 9.38 Å². The first-order valence-corrected chi connectivity index (χ1v) is 4.25. The van der Waals surface area contributed by atoms with Gasteiger partial charge in [0.05, 0.1) is 11.0 Å². The molecule has 3 rings (SSSR count). The summed E-state index contributed by atoms with van der Waals surface area (Å²) in [5.74, 6) is 0. The van der Waals surface area contributed by atoms with Gasteiger partial charge in [0.2, 0.25) is 0 Å². The summed E-state index contributed by atoms with van der Waals surface area (Å²) in [6, 6.07) is 10.2. The topological polar surface area (TPSA) is 17.3 Å². The van der Waals surface area contributed by atoms with Crippen molar-refractivity contribution in [2.45, 2.75) is 0 Å². The lowest BCUT2D eigenvalue weighted by atomic mass is 10.2. The Morgan fingerprint density at radius 2 is 2.00 bits per heavy atom. The second-order valence-corrected chi connectivity index (χ2v) is 3.06. The van der Waals surface area contributed by atoms with Gasteiger partial charge in [-0.2, -0.15) is 0 Å². The van der Waals surface area contributed by atoms with E-state index in [2.05, 4.69) is 33.8 Å². The van der Waals surface area contributed by atoms with E-state index in [4.69, 9.17) is 0 Å². The molecule has 0 N–H and O–H groups in total. The molecule has 0 spiro atoms. The van der Waals surface area contributed by atoms with Crippen LogP contribution in [0.3, 0.4) is 0 Å². The Kier molecular flexibility index (Phi) is 1.19. The van der Waals surface area contributed by atoms with Crippen LogP contribution in [0.2, 0.25) is 0 Å². The molecule has 3 aromatic heterocycles. The van der Waals surface area contributed by atoms with Crippen molar-refractivity contribution in [3.05, 3.63) is 48.9 Å². The molecule has 0 aliphatic rings. The Balaban J connectivity index is 2.65. The molecule has 0 radical (unpaired) electrons. The maximum absolute atomic E-state index is 4.36. The maximum Gasteiger partial charge on any atom is 0.0942 e. The molecular formula is C11H8N2. The van der Waals surface area contributed by atoms with Gasteiger partial charge in [0.1, 0.15) is 0 Å². The second kappa shape index (κ2) is 2.33. The number of hydrogen-bond acceptors (Lipinski definition) is 1. The standard InChI is InChI=1S/C11H8N2/c1-3-9-5-8-13-7-2-4-10(13)11(9)12-6-1/h1-8H. The van der Waals surface area contributed by atoms with Gasteiger partial charge in [0.25, 0.3) is 0 Å². The Labute approximate surface area is 75.5 Å². The maximum atomic E-state index is 4.36. The van der Waals surface area contributed by atoms with Crippen LogP contribution in [0.5, 0.6) is 0 Å². The average Bonchev–Trinajstić information content (AvgIpc) is 2.65. The van der Waals surface area contributed by atoms with Crippen LogP contribution in [0.4, 0.5) is 0 Å². The van der Waals surface area contributed by atoms with Crippen molar-refractivity contribution in [1.29, 1.82) is 0 Å². The van der Waals surface area contributed by atoms with Crippen molar-refractivity contribution in [2.24, 2.45) is 0 Å². The molecule has 13 heavy (non-hydrogen) atoms. The molecule has 0 amide bonds. The highest BCUT2D eigenvalue weighted by molar-refractivity contribution is 5.92. The molecule has 62 valence electrons. The van der Waals surface area contributed by atoms with Gasteiger partial charge in [-0.05, 0) is 24.3 Å². The van der Waals surface area contributed by atoms with Crippen molar-refractivity contribution in [3.63, 3.8) is 0 Å². The summed E-state index contributed by atoms with van der Waals surface area (Å²) in [7, 11) is 0. The first-order valence-electron chi connectivity index (χ1n) is 4.25. The molecule has 2 nitrogen and oxygen atoms in total. The quantitative estimate of drug-likeness (QED) is 0.504. The number of rotatable bonds is 0.